The molecule has 33 heteroatoms. The molecule has 2 amide bonds. The Labute approximate surface area is 436 Å². The van der Waals surface area contributed by atoms with Crippen LogP contribution in [-0.4, -0.2) is 166 Å². The van der Waals surface area contributed by atoms with E-state index in [-0.39, 0.29) is 38.6 Å². The number of benzene rings is 2. The fourth-order valence-electron chi connectivity index (χ4n) is 2.96. The number of aryl methyl sites for hydroxylation is 2. The van der Waals surface area contributed by atoms with E-state index >= 15 is 0 Å². The summed E-state index contributed by atoms with van der Waals surface area (Å²) in [5.74, 6) is -5.10. The summed E-state index contributed by atoms with van der Waals surface area (Å²) >= 11 is 0. The third kappa shape index (κ3) is 158. The zero-order valence-corrected chi connectivity index (χ0v) is 46.7. The van der Waals surface area contributed by atoms with Crippen LogP contribution in [0.4, 0.5) is 0 Å². The van der Waals surface area contributed by atoms with Crippen molar-refractivity contribution in [3.8, 4) is 0 Å². The summed E-state index contributed by atoms with van der Waals surface area (Å²) < 4.78 is 151. The van der Waals surface area contributed by atoms with E-state index in [2.05, 4.69) is 59.5 Å². The molecule has 2 aromatic carbocycles. The zero-order chi connectivity index (χ0) is 60.0. The Hall–Kier alpha value is -5.65. The number of aliphatic carboxylic acids is 2. The second-order valence-corrected chi connectivity index (χ2v) is 21.5. The monoisotopic (exact) mass is 1170 g/mol. The third-order valence-corrected chi connectivity index (χ3v) is 7.22. The fourth-order valence-corrected chi connectivity index (χ4v) is 4.62. The number of hydrogen-bond donors (Lipinski definition) is 9. The highest BCUT2D eigenvalue weighted by molar-refractivity contribution is 7.86. The van der Waals surface area contributed by atoms with Crippen LogP contribution in [0.3, 0.4) is 0 Å². The van der Waals surface area contributed by atoms with E-state index in [1.165, 1.54) is 45.1 Å². The lowest BCUT2D eigenvalue weighted by atomic mass is 10.1. The number of rotatable bonds is 12. The van der Waals surface area contributed by atoms with Gasteiger partial charge in [0.15, 0.2) is 0 Å². The van der Waals surface area contributed by atoms with Gasteiger partial charge in [-0.15, -0.1) is 0 Å². The Morgan fingerprint density at radius 3 is 1.09 bits per heavy atom. The third-order valence-electron chi connectivity index (χ3n) is 4.94. The first-order valence-corrected chi connectivity index (χ1v) is 28.1. The van der Waals surface area contributed by atoms with Crippen LogP contribution < -0.4 is 10.6 Å². The second-order valence-electron chi connectivity index (χ2n) is 14.1. The molecule has 0 heterocycles. The van der Waals surface area contributed by atoms with Crippen molar-refractivity contribution in [3.63, 3.8) is 0 Å². The molecule has 0 aliphatic carbocycles. The second kappa shape index (κ2) is 48.3. The summed E-state index contributed by atoms with van der Waals surface area (Å²) in [6.45, 7) is 19.5. The molecule has 0 aliphatic heterocycles. The smallest absolute Gasteiger partial charge is 0.302 e. The molecule has 436 valence electrons. The SMILES string of the molecule is C.C=COC(C)COC(C)=O.CC(=O)NC(C)(C)CS(=O)(=O)O.CC(=O)NCS(=O)(=O)O.CC(=O)O.CC(=O)O.CC(=O)OCCS(=O)(=O)O.CS(=O)(=O)O.CS(=O)(=O)O.Cc1ccccc1.Cc1ccccc1. The van der Waals surface area contributed by atoms with Crippen molar-refractivity contribution in [1.82, 2.24) is 10.6 Å². The maximum absolute atomic E-state index is 10.6. The lowest BCUT2D eigenvalue weighted by Crippen LogP contribution is -2.47. The van der Waals surface area contributed by atoms with Gasteiger partial charge in [-0.3, -0.25) is 51.5 Å². The van der Waals surface area contributed by atoms with Crippen molar-refractivity contribution in [2.75, 3.05) is 43.1 Å². The number of esters is 2. The average Bonchev–Trinajstić information content (AvgIpc) is 3.11. The van der Waals surface area contributed by atoms with Gasteiger partial charge >= 0.3 is 11.9 Å². The average molecular weight is 1170 g/mol. The molecular weight excluding hydrogens is 1100 g/mol. The molecule has 0 fully saturated rings. The number of ether oxygens (including phenoxy) is 3. The Bertz CT molecular complexity index is 2310. The first-order chi connectivity index (χ1) is 32.4. The summed E-state index contributed by atoms with van der Waals surface area (Å²) in [7, 11) is -19.4. The van der Waals surface area contributed by atoms with Gasteiger partial charge in [0.2, 0.25) is 11.8 Å². The van der Waals surface area contributed by atoms with Gasteiger partial charge in [-0.05, 0) is 34.6 Å². The molecule has 28 nitrogen and oxygen atoms in total. The number of carboxylic acids is 2. The van der Waals surface area contributed by atoms with Gasteiger partial charge in [-0.2, -0.15) is 42.1 Å². The van der Waals surface area contributed by atoms with Crippen LogP contribution >= 0.6 is 0 Å². The zero-order valence-electron chi connectivity index (χ0n) is 42.6. The predicted molar refractivity (Wildman–Crippen MR) is 276 cm³/mol. The quantitative estimate of drug-likeness (QED) is 0.0837. The molecule has 74 heavy (non-hydrogen) atoms. The van der Waals surface area contributed by atoms with Crippen molar-refractivity contribution in [1.29, 1.82) is 0 Å². The van der Waals surface area contributed by atoms with E-state index in [1.54, 1.807) is 6.92 Å². The summed E-state index contributed by atoms with van der Waals surface area (Å²) in [6.07, 6.45) is 2.65. The van der Waals surface area contributed by atoms with Gasteiger partial charge in [0.05, 0.1) is 30.1 Å². The first kappa shape index (κ1) is 88.0. The van der Waals surface area contributed by atoms with E-state index in [0.29, 0.717) is 12.5 Å². The molecule has 0 radical (unpaired) electrons. The largest absolute Gasteiger partial charge is 0.495 e. The van der Waals surface area contributed by atoms with E-state index in [9.17, 15) is 61.3 Å². The van der Waals surface area contributed by atoms with Gasteiger partial charge in [0, 0.05) is 41.5 Å². The molecule has 1 atom stereocenters. The summed E-state index contributed by atoms with van der Waals surface area (Å²) in [5.41, 5.74) is 1.71. The molecule has 0 saturated heterocycles. The summed E-state index contributed by atoms with van der Waals surface area (Å²) in [4.78, 5) is 58.8. The van der Waals surface area contributed by atoms with Crippen molar-refractivity contribution < 1.29 is 118 Å². The van der Waals surface area contributed by atoms with Crippen molar-refractivity contribution >= 4 is 86.3 Å². The Balaban J connectivity index is -0.0000000921. The van der Waals surface area contributed by atoms with E-state index in [0.717, 1.165) is 27.7 Å². The molecule has 0 aliphatic rings. The van der Waals surface area contributed by atoms with Gasteiger partial charge < -0.3 is 35.1 Å². The lowest BCUT2D eigenvalue weighted by molar-refractivity contribution is -0.144. The number of hydrogen-bond acceptors (Lipinski definition) is 19. The Morgan fingerprint density at radius 1 is 0.608 bits per heavy atom. The molecule has 9 N–H and O–H groups in total. The van der Waals surface area contributed by atoms with Gasteiger partial charge in [-0.25, -0.2) is 0 Å². The molecule has 1 unspecified atom stereocenters. The highest BCUT2D eigenvalue weighted by Crippen LogP contribution is 2.05. The topological polar surface area (TPSA) is 466 Å². The highest BCUT2D eigenvalue weighted by atomic mass is 32.2. The number of nitrogens with one attached hydrogen (secondary N) is 2. The van der Waals surface area contributed by atoms with Crippen molar-refractivity contribution in [3.05, 3.63) is 84.6 Å². The normalized spacial score (nSPS) is 10.4. The van der Waals surface area contributed by atoms with Crippen LogP contribution in [0.15, 0.2) is 73.5 Å². The van der Waals surface area contributed by atoms with Crippen LogP contribution in [0.2, 0.25) is 0 Å². The molecule has 0 saturated carbocycles. The van der Waals surface area contributed by atoms with Crippen LogP contribution in [-0.2, 0) is 93.6 Å². The first-order valence-electron chi connectivity index (χ1n) is 19.6. The van der Waals surface area contributed by atoms with Gasteiger partial charge in [-0.1, -0.05) is 85.8 Å². The minimum absolute atomic E-state index is 0. The predicted octanol–water partition coefficient (Wildman–Crippen LogP) is 3.11. The van der Waals surface area contributed by atoms with Crippen LogP contribution in [0.1, 0.15) is 80.9 Å². The lowest BCUT2D eigenvalue weighted by Gasteiger charge is -2.23. The summed E-state index contributed by atoms with van der Waals surface area (Å²) in [6, 6.07) is 20.5. The van der Waals surface area contributed by atoms with E-state index in [4.69, 9.17) is 47.3 Å². The standard InChI is InChI=1S/C7H12O3.2C7H8.C6H13NO4S.C4H8O5S.C3H7NO4S.2C2H4O2.2CH4O3S.CH4/c1-4-9-6(2)5-10-7(3)8;2*1-7-5-3-2-4-6-7;1-5(8)7-6(2,3)4-12(9,10)11;1-4(5)9-2-3-10(6,7)8;1-3(5)4-2-9(6,7)8;2*1-2(3)4;2*1-5(2,3)4;/h4,6H,1,5H2,2-3H3;2*2-6H,1H3;4H2,1-3H3,(H,7,8)(H,9,10,11);2-3H2,1H3,(H,6,7,8);2H2,1H3,(H,4,5)(H,6,7,8);2*1H3,(H,3,4);2*1H3,(H,2,3,4);1H4. The number of amides is 2. The number of carbonyl (C=O) groups is 6. The molecule has 0 bridgehead atoms. The Kier molecular flexibility index (Phi) is 57.4. The maximum Gasteiger partial charge on any atom is 0.302 e. The van der Waals surface area contributed by atoms with E-state index in [1.807, 2.05) is 41.7 Å². The minimum Gasteiger partial charge on any atom is -0.495 e. The van der Waals surface area contributed by atoms with Crippen LogP contribution in [0.5, 0.6) is 0 Å². The minimum atomic E-state index is -4.05. The highest BCUT2D eigenvalue weighted by Gasteiger charge is 2.25. The van der Waals surface area contributed by atoms with Crippen LogP contribution in [0.25, 0.3) is 0 Å². The van der Waals surface area contributed by atoms with Gasteiger partial charge in [0.1, 0.15) is 30.9 Å². The molecule has 0 aromatic heterocycles. The van der Waals surface area contributed by atoms with Gasteiger partial charge in [0.25, 0.3) is 62.5 Å². The molecule has 0 spiro atoms. The molecular formula is C41H76N2O26S5. The van der Waals surface area contributed by atoms with Crippen molar-refractivity contribution in [2.24, 2.45) is 0 Å². The summed E-state index contributed by atoms with van der Waals surface area (Å²) in [5, 5.41) is 19.1. The Morgan fingerprint density at radius 2 is 0.919 bits per heavy atom. The number of carboxylic acid groups (broad SMARTS) is 2. The molecule has 2 rings (SSSR count). The van der Waals surface area contributed by atoms with Crippen LogP contribution in [0, 0.1) is 13.8 Å². The van der Waals surface area contributed by atoms with Crippen molar-refractivity contribution in [2.45, 2.75) is 95.2 Å². The van der Waals surface area contributed by atoms with E-state index < -0.39 is 97.3 Å². The number of carbonyl (C=O) groups excluding carboxylic acids is 4. The fraction of sp³-hybridized carbons (Fsp3) is 0.512. The molecule has 2 aromatic rings. The maximum atomic E-state index is 10.6.